The summed E-state index contributed by atoms with van der Waals surface area (Å²) in [5.41, 5.74) is -0.636. The zero-order valence-corrected chi connectivity index (χ0v) is 19.5. The van der Waals surface area contributed by atoms with Gasteiger partial charge in [-0.05, 0) is 43.9 Å². The number of halogens is 4. The van der Waals surface area contributed by atoms with Crippen LogP contribution in [0.2, 0.25) is 0 Å². The normalized spacial score (nSPS) is 17.1. The second kappa shape index (κ2) is 11.1. The molecule has 3 heterocycles. The van der Waals surface area contributed by atoms with Gasteiger partial charge in [0, 0.05) is 43.5 Å². The molecule has 0 aliphatic carbocycles. The third-order valence-electron chi connectivity index (χ3n) is 6.30. The second-order valence-corrected chi connectivity index (χ2v) is 8.74. The van der Waals surface area contributed by atoms with Crippen LogP contribution in [0.15, 0.2) is 30.5 Å². The van der Waals surface area contributed by atoms with Crippen molar-refractivity contribution in [2.45, 2.75) is 37.5 Å². The summed E-state index contributed by atoms with van der Waals surface area (Å²) in [5, 5.41) is 27.8. The quantitative estimate of drug-likeness (QED) is 0.409. The van der Waals surface area contributed by atoms with Crippen LogP contribution in [0.4, 0.5) is 23.4 Å². The van der Waals surface area contributed by atoms with Crippen molar-refractivity contribution in [2.75, 3.05) is 31.1 Å². The van der Waals surface area contributed by atoms with E-state index in [-0.39, 0.29) is 24.2 Å². The van der Waals surface area contributed by atoms with E-state index in [0.29, 0.717) is 19.1 Å². The molecule has 0 spiro atoms. The number of pyridine rings is 1. The molecule has 2 fully saturated rings. The Bertz CT molecular complexity index is 1140. The van der Waals surface area contributed by atoms with Crippen molar-refractivity contribution >= 4 is 24.0 Å². The van der Waals surface area contributed by atoms with Crippen molar-refractivity contribution in [3.8, 4) is 5.75 Å². The molecular formula is C24H25F4N3O6. The zero-order valence-electron chi connectivity index (χ0n) is 19.5. The molecule has 4 rings (SSSR count). The number of rotatable bonds is 4. The number of aliphatic carboxylic acids is 1. The number of hydrogen-bond acceptors (Lipinski definition) is 7. The first-order valence-electron chi connectivity index (χ1n) is 11.4. The van der Waals surface area contributed by atoms with E-state index in [0.717, 1.165) is 43.4 Å². The number of anilines is 1. The molecule has 37 heavy (non-hydrogen) atoms. The fourth-order valence-electron chi connectivity index (χ4n) is 4.18. The minimum absolute atomic E-state index is 0.00512. The Kier molecular flexibility index (Phi) is 8.36. The smallest absolute Gasteiger partial charge is 0.490 e. The average Bonchev–Trinajstić information content (AvgIpc) is 3.41. The Labute approximate surface area is 208 Å². The molecule has 2 aromatic rings. The first kappa shape index (κ1) is 27.8. The number of nitrogens with zero attached hydrogens (tertiary/aromatic N) is 3. The van der Waals surface area contributed by atoms with Gasteiger partial charge in [-0.15, -0.1) is 0 Å². The number of carbonyl (C=O) groups is 3. The molecule has 2 aliphatic rings. The fraction of sp³-hybridized carbons (Fsp3) is 0.417. The minimum Gasteiger partial charge on any atom is -0.504 e. The number of alkyl halides is 3. The van der Waals surface area contributed by atoms with Crippen LogP contribution in [-0.4, -0.2) is 75.7 Å². The maximum atomic E-state index is 13.8. The number of aldehydes is 1. The van der Waals surface area contributed by atoms with Crippen molar-refractivity contribution in [1.29, 1.82) is 0 Å². The summed E-state index contributed by atoms with van der Waals surface area (Å²) >= 11 is 0. The summed E-state index contributed by atoms with van der Waals surface area (Å²) in [7, 11) is 0. The maximum absolute atomic E-state index is 13.8. The highest BCUT2D eigenvalue weighted by atomic mass is 19.4. The molecular weight excluding hydrogens is 502 g/mol. The molecule has 0 atom stereocenters. The summed E-state index contributed by atoms with van der Waals surface area (Å²) in [6, 6.07) is 5.92. The van der Waals surface area contributed by atoms with Gasteiger partial charge in [-0.1, -0.05) is 6.07 Å². The van der Waals surface area contributed by atoms with Crippen LogP contribution < -0.4 is 4.90 Å². The monoisotopic (exact) mass is 527 g/mol. The Morgan fingerprint density at radius 3 is 2.14 bits per heavy atom. The van der Waals surface area contributed by atoms with Crippen molar-refractivity contribution in [3.05, 3.63) is 53.0 Å². The molecule has 9 nitrogen and oxygen atoms in total. The van der Waals surface area contributed by atoms with E-state index >= 15 is 0 Å². The van der Waals surface area contributed by atoms with Gasteiger partial charge in [0.25, 0.3) is 5.91 Å². The van der Waals surface area contributed by atoms with Crippen LogP contribution in [0.3, 0.4) is 0 Å². The standard InChI is InChI=1S/C22H24FN3O4.C2HF3O2/c23-18-12-15(11-16(14-27)20(18)28)21(29)26-9-5-22(30,6-10-26)17-3-4-19(24-13-17)25-7-1-2-8-25;3-2(4,5)1(6)7/h3-4,11-14,28,30H,1-2,5-10H2;(H,6,7). The molecule has 3 N–H and O–H groups in total. The van der Waals surface area contributed by atoms with E-state index in [1.807, 2.05) is 12.1 Å². The van der Waals surface area contributed by atoms with Crippen LogP contribution in [0.5, 0.6) is 5.75 Å². The van der Waals surface area contributed by atoms with Gasteiger partial charge in [0.05, 0.1) is 11.2 Å². The number of aromatic hydroxyl groups is 1. The number of phenolic OH excluding ortho intramolecular Hbond substituents is 1. The van der Waals surface area contributed by atoms with E-state index in [1.54, 1.807) is 6.20 Å². The van der Waals surface area contributed by atoms with E-state index in [4.69, 9.17) is 9.90 Å². The first-order chi connectivity index (χ1) is 17.4. The summed E-state index contributed by atoms with van der Waals surface area (Å²) in [6.45, 7) is 2.55. The molecule has 1 amide bonds. The van der Waals surface area contributed by atoms with E-state index in [9.17, 15) is 37.4 Å². The van der Waals surface area contributed by atoms with Crippen LogP contribution in [-0.2, 0) is 10.4 Å². The van der Waals surface area contributed by atoms with Crippen molar-refractivity contribution in [2.24, 2.45) is 0 Å². The second-order valence-electron chi connectivity index (χ2n) is 8.74. The molecule has 1 aromatic carbocycles. The highest BCUT2D eigenvalue weighted by Crippen LogP contribution is 2.34. The number of carbonyl (C=O) groups excluding carboxylic acids is 2. The summed E-state index contributed by atoms with van der Waals surface area (Å²) in [4.78, 5) is 40.9. The lowest BCUT2D eigenvalue weighted by atomic mass is 9.85. The number of carboxylic acids is 1. The lowest BCUT2D eigenvalue weighted by Gasteiger charge is -2.38. The topological polar surface area (TPSA) is 131 Å². The van der Waals surface area contributed by atoms with E-state index < -0.39 is 35.2 Å². The SMILES string of the molecule is O=C(O)C(F)(F)F.O=Cc1cc(C(=O)N2CCC(O)(c3ccc(N4CCCC4)nc3)CC2)cc(F)c1O. The summed E-state index contributed by atoms with van der Waals surface area (Å²) < 4.78 is 45.5. The number of piperidine rings is 1. The minimum atomic E-state index is -5.08. The van der Waals surface area contributed by atoms with E-state index in [1.165, 1.54) is 11.0 Å². The van der Waals surface area contributed by atoms with Gasteiger partial charge in [0.2, 0.25) is 0 Å². The Balaban J connectivity index is 0.000000479. The van der Waals surface area contributed by atoms with Gasteiger partial charge in [-0.25, -0.2) is 14.2 Å². The molecule has 2 saturated heterocycles. The van der Waals surface area contributed by atoms with Crippen LogP contribution >= 0.6 is 0 Å². The number of hydrogen-bond donors (Lipinski definition) is 3. The zero-order chi connectivity index (χ0) is 27.4. The number of phenols is 1. The van der Waals surface area contributed by atoms with Gasteiger partial charge in [0.1, 0.15) is 5.82 Å². The Morgan fingerprint density at radius 1 is 1.05 bits per heavy atom. The fourth-order valence-corrected chi connectivity index (χ4v) is 4.18. The van der Waals surface area contributed by atoms with Crippen molar-refractivity contribution < 1.29 is 47.3 Å². The van der Waals surface area contributed by atoms with Crippen LogP contribution in [0, 0.1) is 5.82 Å². The summed E-state index contributed by atoms with van der Waals surface area (Å²) in [5.74, 6) is -4.07. The number of carboxylic acid groups (broad SMARTS) is 1. The van der Waals surface area contributed by atoms with Gasteiger partial charge in [-0.3, -0.25) is 9.59 Å². The largest absolute Gasteiger partial charge is 0.504 e. The average molecular weight is 527 g/mol. The number of benzene rings is 1. The highest BCUT2D eigenvalue weighted by Gasteiger charge is 2.38. The van der Waals surface area contributed by atoms with E-state index in [2.05, 4.69) is 9.88 Å². The first-order valence-corrected chi connectivity index (χ1v) is 11.4. The van der Waals surface area contributed by atoms with Gasteiger partial charge in [0.15, 0.2) is 17.9 Å². The number of aliphatic hydroxyl groups is 1. The van der Waals surface area contributed by atoms with Gasteiger partial charge >= 0.3 is 12.1 Å². The van der Waals surface area contributed by atoms with Crippen molar-refractivity contribution in [1.82, 2.24) is 9.88 Å². The maximum Gasteiger partial charge on any atom is 0.490 e. The number of likely N-dealkylation sites (tertiary alicyclic amines) is 1. The van der Waals surface area contributed by atoms with Crippen LogP contribution in [0.1, 0.15) is 52.0 Å². The molecule has 0 bridgehead atoms. The molecule has 200 valence electrons. The Morgan fingerprint density at radius 2 is 1.65 bits per heavy atom. The number of aromatic nitrogens is 1. The highest BCUT2D eigenvalue weighted by molar-refractivity contribution is 5.96. The molecule has 0 unspecified atom stereocenters. The predicted molar refractivity (Wildman–Crippen MR) is 122 cm³/mol. The molecule has 13 heteroatoms. The molecule has 0 radical (unpaired) electrons. The molecule has 2 aliphatic heterocycles. The number of amides is 1. The lowest BCUT2D eigenvalue weighted by molar-refractivity contribution is -0.192. The van der Waals surface area contributed by atoms with Crippen molar-refractivity contribution in [3.63, 3.8) is 0 Å². The summed E-state index contributed by atoms with van der Waals surface area (Å²) in [6.07, 6.45) is -0.0953. The predicted octanol–water partition coefficient (Wildman–Crippen LogP) is 3.10. The third kappa shape index (κ3) is 6.53. The molecule has 1 aromatic heterocycles. The van der Waals surface area contributed by atoms with Gasteiger partial charge in [-0.2, -0.15) is 13.2 Å². The molecule has 0 saturated carbocycles. The third-order valence-corrected chi connectivity index (χ3v) is 6.30. The Hall–Kier alpha value is -3.74. The van der Waals surface area contributed by atoms with Crippen LogP contribution in [0.25, 0.3) is 0 Å². The lowest BCUT2D eigenvalue weighted by Crippen LogP contribution is -2.45. The van der Waals surface area contributed by atoms with Gasteiger partial charge < -0.3 is 25.1 Å².